The Kier molecular flexibility index (Phi) is 6.43. The number of nitrogens with zero attached hydrogens (tertiary/aromatic N) is 1. The molecule has 0 saturated carbocycles. The normalized spacial score (nSPS) is 15.1. The Hall–Kier alpha value is -2.01. The van der Waals surface area contributed by atoms with Crippen LogP contribution in [0.3, 0.4) is 0 Å². The number of aromatic nitrogens is 2. The summed E-state index contributed by atoms with van der Waals surface area (Å²) in [5, 5.41) is 27.5. The second-order valence-electron chi connectivity index (χ2n) is 4.39. The van der Waals surface area contributed by atoms with E-state index in [0.29, 0.717) is 0 Å². The van der Waals surface area contributed by atoms with Crippen LogP contribution in [0.15, 0.2) is 15.7 Å². The fraction of sp³-hybridized carbons (Fsp3) is 0.583. The zero-order valence-electron chi connectivity index (χ0n) is 12.1. The molecule has 1 heterocycles. The van der Waals surface area contributed by atoms with Crippen molar-refractivity contribution >= 4 is 5.97 Å². The van der Waals surface area contributed by atoms with Crippen molar-refractivity contribution in [3.8, 4) is 0 Å². The lowest BCUT2D eigenvalue weighted by Crippen LogP contribution is -2.41. The van der Waals surface area contributed by atoms with Crippen LogP contribution >= 0.6 is 0 Å². The fourth-order valence-corrected chi connectivity index (χ4v) is 1.81. The number of H-pyrrole nitrogens is 1. The van der Waals surface area contributed by atoms with E-state index in [-0.39, 0.29) is 5.69 Å². The van der Waals surface area contributed by atoms with E-state index in [1.54, 1.807) is 0 Å². The number of hydrogen-bond acceptors (Lipinski definition) is 8. The van der Waals surface area contributed by atoms with E-state index in [4.69, 9.17) is 14.9 Å². The van der Waals surface area contributed by atoms with Crippen molar-refractivity contribution in [2.24, 2.45) is 0 Å². The topological polar surface area (TPSA) is 151 Å². The number of aliphatic hydroxyl groups excluding tert-OH is 3. The van der Waals surface area contributed by atoms with E-state index in [0.717, 1.165) is 17.7 Å². The molecule has 1 rings (SSSR count). The molecule has 3 atom stereocenters. The number of aliphatic hydroxyl groups is 3. The molecule has 124 valence electrons. The first kappa shape index (κ1) is 18.0. The Bertz CT molecular complexity index is 622. The largest absolute Gasteiger partial charge is 0.464 e. The summed E-state index contributed by atoms with van der Waals surface area (Å²) in [6.45, 7) is 0.0684. The molecule has 10 nitrogen and oxygen atoms in total. The number of methoxy groups -OCH3 is 1. The zero-order valence-corrected chi connectivity index (χ0v) is 12.1. The fourth-order valence-electron chi connectivity index (χ4n) is 1.81. The first-order chi connectivity index (χ1) is 10.3. The Morgan fingerprint density at radius 3 is 2.50 bits per heavy atom. The Morgan fingerprint density at radius 2 is 2.00 bits per heavy atom. The summed E-state index contributed by atoms with van der Waals surface area (Å²) in [4.78, 5) is 36.8. The quantitative estimate of drug-likeness (QED) is 0.405. The van der Waals surface area contributed by atoms with Gasteiger partial charge in [-0.15, -0.1) is 0 Å². The molecule has 10 heteroatoms. The first-order valence-electron chi connectivity index (χ1n) is 6.35. The van der Waals surface area contributed by atoms with Gasteiger partial charge in [0.15, 0.2) is 0 Å². The average molecular weight is 318 g/mol. The van der Waals surface area contributed by atoms with E-state index in [9.17, 15) is 19.5 Å². The number of carbonyl (C=O) groups is 1. The molecule has 0 fully saturated rings. The van der Waals surface area contributed by atoms with Crippen molar-refractivity contribution in [3.05, 3.63) is 32.6 Å². The number of ether oxygens (including phenoxy) is 2. The zero-order chi connectivity index (χ0) is 16.9. The van der Waals surface area contributed by atoms with Crippen molar-refractivity contribution < 1.29 is 29.6 Å². The molecule has 1 aromatic heterocycles. The molecule has 22 heavy (non-hydrogen) atoms. The molecule has 0 saturated heterocycles. The number of esters is 1. The van der Waals surface area contributed by atoms with Crippen molar-refractivity contribution in [2.75, 3.05) is 20.3 Å². The highest BCUT2D eigenvalue weighted by molar-refractivity contribution is 5.87. The van der Waals surface area contributed by atoms with E-state index < -0.39 is 48.9 Å². The van der Waals surface area contributed by atoms with Gasteiger partial charge in [-0.2, -0.15) is 0 Å². The van der Waals surface area contributed by atoms with Crippen molar-refractivity contribution in [1.82, 2.24) is 9.55 Å². The lowest BCUT2D eigenvalue weighted by Gasteiger charge is -2.25. The van der Waals surface area contributed by atoms with Crippen LogP contribution < -0.4 is 11.2 Å². The third kappa shape index (κ3) is 4.01. The van der Waals surface area contributed by atoms with Gasteiger partial charge in [0, 0.05) is 6.07 Å². The van der Waals surface area contributed by atoms with E-state index >= 15 is 0 Å². The summed E-state index contributed by atoms with van der Waals surface area (Å²) in [7, 11) is 1.08. The number of nitrogens with one attached hydrogen (secondary N) is 1. The van der Waals surface area contributed by atoms with Gasteiger partial charge in [-0.1, -0.05) is 0 Å². The third-order valence-corrected chi connectivity index (χ3v) is 2.90. The lowest BCUT2D eigenvalue weighted by atomic mass is 10.2. The molecule has 0 bridgehead atoms. The predicted molar refractivity (Wildman–Crippen MR) is 72.4 cm³/mol. The van der Waals surface area contributed by atoms with Gasteiger partial charge in [-0.05, 0) is 6.92 Å². The van der Waals surface area contributed by atoms with Gasteiger partial charge in [0.25, 0.3) is 5.56 Å². The van der Waals surface area contributed by atoms with Crippen LogP contribution in [0.25, 0.3) is 0 Å². The average Bonchev–Trinajstić information content (AvgIpc) is 2.49. The summed E-state index contributed by atoms with van der Waals surface area (Å²) in [5.74, 6) is -0.929. The number of hydrogen-bond donors (Lipinski definition) is 4. The molecular weight excluding hydrogens is 300 g/mol. The molecule has 0 amide bonds. The highest BCUT2D eigenvalue weighted by atomic mass is 16.5. The molecule has 0 aliphatic carbocycles. The molecular formula is C12H18N2O8. The highest BCUT2D eigenvalue weighted by Crippen LogP contribution is 2.13. The molecule has 0 aromatic carbocycles. The summed E-state index contributed by atoms with van der Waals surface area (Å²) in [6.07, 6.45) is -3.70. The molecule has 0 spiro atoms. The van der Waals surface area contributed by atoms with Gasteiger partial charge < -0.3 is 24.8 Å². The smallest absolute Gasteiger partial charge is 0.355 e. The predicted octanol–water partition coefficient (Wildman–Crippen LogP) is -2.43. The minimum absolute atomic E-state index is 0.348. The summed E-state index contributed by atoms with van der Waals surface area (Å²) in [5.41, 5.74) is -2.06. The van der Waals surface area contributed by atoms with Crippen LogP contribution in [0.2, 0.25) is 0 Å². The molecule has 2 unspecified atom stereocenters. The van der Waals surface area contributed by atoms with Crippen molar-refractivity contribution in [1.29, 1.82) is 0 Å². The maximum Gasteiger partial charge on any atom is 0.355 e. The maximum atomic E-state index is 11.9. The second-order valence-corrected chi connectivity index (χ2v) is 4.39. The van der Waals surface area contributed by atoms with Gasteiger partial charge in [0.05, 0.1) is 20.3 Å². The molecule has 0 aliphatic rings. The van der Waals surface area contributed by atoms with Gasteiger partial charge in [0.2, 0.25) is 0 Å². The van der Waals surface area contributed by atoms with Crippen molar-refractivity contribution in [2.45, 2.75) is 25.4 Å². The van der Waals surface area contributed by atoms with Gasteiger partial charge in [-0.25, -0.2) is 9.59 Å². The van der Waals surface area contributed by atoms with Gasteiger partial charge >= 0.3 is 11.7 Å². The minimum atomic E-state index is -1.38. The maximum absolute atomic E-state index is 11.9. The van der Waals surface area contributed by atoms with Gasteiger partial charge in [-0.3, -0.25) is 14.3 Å². The van der Waals surface area contributed by atoms with Crippen LogP contribution in [0.5, 0.6) is 0 Å². The number of carbonyl (C=O) groups excluding carboxylic acids is 1. The third-order valence-electron chi connectivity index (χ3n) is 2.90. The highest BCUT2D eigenvalue weighted by Gasteiger charge is 2.25. The number of aromatic amines is 1. The van der Waals surface area contributed by atoms with Crippen molar-refractivity contribution in [3.63, 3.8) is 0 Å². The second kappa shape index (κ2) is 7.84. The lowest BCUT2D eigenvalue weighted by molar-refractivity contribution is -0.128. The Balaban J connectivity index is 3.22. The summed E-state index contributed by atoms with van der Waals surface area (Å²) < 4.78 is 10.6. The SMILES string of the molecule is COC(=O)c1cc(=O)[nH]c(=O)n1C(C)O[C@H](CO)C(O)CO. The van der Waals surface area contributed by atoms with Crippen LogP contribution in [-0.2, 0) is 9.47 Å². The molecule has 0 aliphatic heterocycles. The van der Waals surface area contributed by atoms with E-state index in [2.05, 4.69) is 4.74 Å². The minimum Gasteiger partial charge on any atom is -0.464 e. The Labute approximate surface area is 124 Å². The van der Waals surface area contributed by atoms with Crippen LogP contribution in [0.1, 0.15) is 23.6 Å². The number of rotatable bonds is 7. The standard InChI is InChI=1S/C12H18N2O8/c1-6(22-9(5-16)8(17)4-15)14-7(11(19)21-2)3-10(18)13-12(14)20/h3,6,8-9,15-17H,4-5H2,1-2H3,(H,13,18,20)/t6?,8?,9-/m1/s1. The first-order valence-corrected chi connectivity index (χ1v) is 6.35. The Morgan fingerprint density at radius 1 is 1.36 bits per heavy atom. The summed E-state index contributed by atoms with van der Waals surface area (Å²) >= 11 is 0. The van der Waals surface area contributed by atoms with Crippen LogP contribution in [-0.4, -0.2) is 63.4 Å². The molecule has 1 aromatic rings. The summed E-state index contributed by atoms with van der Waals surface area (Å²) in [6, 6.07) is 0.865. The van der Waals surface area contributed by atoms with Gasteiger partial charge in [0.1, 0.15) is 24.1 Å². The monoisotopic (exact) mass is 318 g/mol. The van der Waals surface area contributed by atoms with E-state index in [1.807, 2.05) is 4.98 Å². The van der Waals surface area contributed by atoms with E-state index in [1.165, 1.54) is 6.92 Å². The molecule has 0 radical (unpaired) electrons. The van der Waals surface area contributed by atoms with Crippen LogP contribution in [0.4, 0.5) is 0 Å². The van der Waals surface area contributed by atoms with Crippen LogP contribution in [0, 0.1) is 0 Å². The molecule has 4 N–H and O–H groups in total.